The lowest BCUT2D eigenvalue weighted by molar-refractivity contribution is 0.0940. The number of fused-ring (bicyclic) bond motifs is 5. The quantitative estimate of drug-likeness (QED) is 0.649. The summed E-state index contributed by atoms with van der Waals surface area (Å²) in [4.78, 5) is 24.1. The number of pyridine rings is 1. The molecule has 2 unspecified atom stereocenters. The van der Waals surface area contributed by atoms with Gasteiger partial charge in [0.05, 0.1) is 35.5 Å². The Morgan fingerprint density at radius 2 is 2.18 bits per heavy atom. The first-order valence-electron chi connectivity index (χ1n) is 9.66. The average Bonchev–Trinajstić information content (AvgIpc) is 3.32. The Morgan fingerprint density at radius 3 is 3.07 bits per heavy atom. The van der Waals surface area contributed by atoms with Gasteiger partial charge in [-0.2, -0.15) is 5.10 Å². The van der Waals surface area contributed by atoms with E-state index in [2.05, 4.69) is 20.3 Å². The number of nitrogens with zero attached hydrogens (tertiary/aromatic N) is 5. The zero-order valence-electron chi connectivity index (χ0n) is 15.6. The molecule has 1 N–H and O–H groups in total. The molecule has 2 aliphatic rings. The van der Waals surface area contributed by atoms with Gasteiger partial charge in [0.15, 0.2) is 5.65 Å². The van der Waals surface area contributed by atoms with Crippen LogP contribution < -0.4 is 10.2 Å². The Bertz CT molecular complexity index is 1060. The highest BCUT2D eigenvalue weighted by Crippen LogP contribution is 2.37. The molecule has 2 atom stereocenters. The van der Waals surface area contributed by atoms with Gasteiger partial charge in [0, 0.05) is 24.8 Å². The van der Waals surface area contributed by atoms with Crippen molar-refractivity contribution in [1.82, 2.24) is 24.9 Å². The summed E-state index contributed by atoms with van der Waals surface area (Å²) in [5.41, 5.74) is 3.57. The van der Waals surface area contributed by atoms with Crippen LogP contribution in [0.2, 0.25) is 0 Å². The molecule has 1 saturated heterocycles. The van der Waals surface area contributed by atoms with E-state index in [1.54, 1.807) is 16.8 Å². The number of carbonyl (C=O) groups excluding carboxylic acids is 1. The lowest BCUT2D eigenvalue weighted by atomic mass is 10.1. The number of hydrogen-bond donors (Lipinski definition) is 1. The van der Waals surface area contributed by atoms with Crippen LogP contribution in [0.1, 0.15) is 54.0 Å². The molecule has 2 bridgehead atoms. The zero-order chi connectivity index (χ0) is 19.3. The number of anilines is 1. The fourth-order valence-corrected chi connectivity index (χ4v) is 4.22. The molecule has 3 aromatic rings. The van der Waals surface area contributed by atoms with Gasteiger partial charge >= 0.3 is 0 Å². The number of aryl methyl sites for hydroxylation is 1. The van der Waals surface area contributed by atoms with E-state index in [-0.39, 0.29) is 23.8 Å². The Labute approximate surface area is 161 Å². The number of halogens is 1. The van der Waals surface area contributed by atoms with E-state index in [0.29, 0.717) is 24.1 Å². The molecule has 5 heterocycles. The fraction of sp³-hybridized carbons (Fsp3) is 0.400. The summed E-state index contributed by atoms with van der Waals surface area (Å²) in [5, 5.41) is 7.28. The zero-order valence-corrected chi connectivity index (χ0v) is 15.6. The van der Waals surface area contributed by atoms with E-state index in [1.165, 1.54) is 6.20 Å². The minimum Gasteiger partial charge on any atom is -0.361 e. The molecule has 144 valence electrons. The Balaban J connectivity index is 1.69. The summed E-state index contributed by atoms with van der Waals surface area (Å²) < 4.78 is 15.7. The van der Waals surface area contributed by atoms with Gasteiger partial charge in [-0.1, -0.05) is 0 Å². The van der Waals surface area contributed by atoms with Gasteiger partial charge in [0.25, 0.3) is 5.91 Å². The summed E-state index contributed by atoms with van der Waals surface area (Å²) in [6, 6.07) is 3.47. The summed E-state index contributed by atoms with van der Waals surface area (Å²) in [7, 11) is 0. The molecule has 0 saturated carbocycles. The lowest BCUT2D eigenvalue weighted by Gasteiger charge is -2.28. The van der Waals surface area contributed by atoms with E-state index in [4.69, 9.17) is 4.98 Å². The van der Waals surface area contributed by atoms with Gasteiger partial charge in [-0.15, -0.1) is 0 Å². The standard InChI is InChI=1S/C20H21FN6O/c1-12-4-5-15-18(9-13(21)10-22-15)26-7-2-3-17(26)16-6-8-27-19(25-16)14(11-23-27)20(28)24-12/h6,8-12,17H,2-5,7H2,1H3,(H,24,28). The fourth-order valence-electron chi connectivity index (χ4n) is 4.22. The molecule has 0 aromatic carbocycles. The van der Waals surface area contributed by atoms with Gasteiger partial charge in [-0.05, 0) is 38.7 Å². The number of carbonyl (C=O) groups is 1. The van der Waals surface area contributed by atoms with Crippen LogP contribution in [0.25, 0.3) is 5.65 Å². The third kappa shape index (κ3) is 2.80. The van der Waals surface area contributed by atoms with Crippen molar-refractivity contribution in [1.29, 1.82) is 0 Å². The predicted octanol–water partition coefficient (Wildman–Crippen LogP) is 2.67. The van der Waals surface area contributed by atoms with Gasteiger partial charge in [-0.3, -0.25) is 9.78 Å². The van der Waals surface area contributed by atoms with Crippen molar-refractivity contribution < 1.29 is 9.18 Å². The van der Waals surface area contributed by atoms with Crippen molar-refractivity contribution in [2.24, 2.45) is 0 Å². The van der Waals surface area contributed by atoms with Crippen molar-refractivity contribution in [2.75, 3.05) is 11.4 Å². The number of nitrogens with one attached hydrogen (secondary N) is 1. The molecule has 5 rings (SSSR count). The van der Waals surface area contributed by atoms with Gasteiger partial charge in [-0.25, -0.2) is 13.9 Å². The molecule has 1 fully saturated rings. The maximum Gasteiger partial charge on any atom is 0.256 e. The second-order valence-corrected chi connectivity index (χ2v) is 7.56. The van der Waals surface area contributed by atoms with Crippen molar-refractivity contribution >= 4 is 17.2 Å². The highest BCUT2D eigenvalue weighted by molar-refractivity contribution is 5.99. The van der Waals surface area contributed by atoms with Crippen LogP contribution in [0.3, 0.4) is 0 Å². The van der Waals surface area contributed by atoms with Crippen LogP contribution in [-0.2, 0) is 6.42 Å². The van der Waals surface area contributed by atoms with Crippen LogP contribution in [0, 0.1) is 5.82 Å². The molecule has 0 aliphatic carbocycles. The second-order valence-electron chi connectivity index (χ2n) is 7.56. The second kappa shape index (κ2) is 6.54. The molecule has 28 heavy (non-hydrogen) atoms. The van der Waals surface area contributed by atoms with Crippen molar-refractivity contribution in [3.63, 3.8) is 0 Å². The third-order valence-corrected chi connectivity index (χ3v) is 5.64. The van der Waals surface area contributed by atoms with E-state index < -0.39 is 0 Å². The monoisotopic (exact) mass is 380 g/mol. The maximum atomic E-state index is 14.0. The van der Waals surface area contributed by atoms with E-state index in [9.17, 15) is 9.18 Å². The minimum absolute atomic E-state index is 0.0244. The smallest absolute Gasteiger partial charge is 0.256 e. The molecular weight excluding hydrogens is 359 g/mol. The maximum absolute atomic E-state index is 14.0. The van der Waals surface area contributed by atoms with Gasteiger partial charge in [0.1, 0.15) is 11.4 Å². The Kier molecular flexibility index (Phi) is 3.99. The molecule has 0 spiro atoms. The highest BCUT2D eigenvalue weighted by atomic mass is 19.1. The normalized spacial score (nSPS) is 22.2. The third-order valence-electron chi connectivity index (χ3n) is 5.64. The Hall–Kier alpha value is -3.03. The SMILES string of the molecule is CC1CCc2ncc(F)cc2N2CCCC2c2ccn3ncc(c3n2)C(=O)N1. The van der Waals surface area contributed by atoms with Crippen LogP contribution in [0.4, 0.5) is 10.1 Å². The van der Waals surface area contributed by atoms with Crippen LogP contribution in [0.15, 0.2) is 30.7 Å². The highest BCUT2D eigenvalue weighted by Gasteiger charge is 2.31. The largest absolute Gasteiger partial charge is 0.361 e. The average molecular weight is 380 g/mol. The first-order valence-corrected chi connectivity index (χ1v) is 9.66. The van der Waals surface area contributed by atoms with Crippen LogP contribution in [-0.4, -0.2) is 38.1 Å². The number of amides is 1. The first-order chi connectivity index (χ1) is 13.6. The topological polar surface area (TPSA) is 75.4 Å². The van der Waals surface area contributed by atoms with Crippen molar-refractivity contribution in [3.05, 3.63) is 53.5 Å². The van der Waals surface area contributed by atoms with Crippen LogP contribution >= 0.6 is 0 Å². The molecule has 8 heteroatoms. The van der Waals surface area contributed by atoms with Crippen LogP contribution in [0.5, 0.6) is 0 Å². The lowest BCUT2D eigenvalue weighted by Crippen LogP contribution is -2.33. The molecular formula is C20H21FN6O. The van der Waals surface area contributed by atoms with Gasteiger partial charge in [0.2, 0.25) is 0 Å². The Morgan fingerprint density at radius 1 is 1.29 bits per heavy atom. The molecule has 7 nitrogen and oxygen atoms in total. The number of rotatable bonds is 0. The van der Waals surface area contributed by atoms with Gasteiger partial charge < -0.3 is 10.2 Å². The molecule has 2 aliphatic heterocycles. The van der Waals surface area contributed by atoms with E-state index >= 15 is 0 Å². The molecule has 3 aromatic heterocycles. The summed E-state index contributed by atoms with van der Waals surface area (Å²) in [5.74, 6) is -0.515. The minimum atomic E-state index is -0.337. The molecule has 0 radical (unpaired) electrons. The number of aromatic nitrogens is 4. The number of hydrogen-bond acceptors (Lipinski definition) is 5. The van der Waals surface area contributed by atoms with E-state index in [1.807, 2.05) is 19.2 Å². The van der Waals surface area contributed by atoms with Crippen molar-refractivity contribution in [2.45, 2.75) is 44.7 Å². The predicted molar refractivity (Wildman–Crippen MR) is 102 cm³/mol. The summed E-state index contributed by atoms with van der Waals surface area (Å²) in [6.45, 7) is 2.79. The summed E-state index contributed by atoms with van der Waals surface area (Å²) >= 11 is 0. The van der Waals surface area contributed by atoms with Crippen molar-refractivity contribution in [3.8, 4) is 0 Å². The molecule has 1 amide bonds. The summed E-state index contributed by atoms with van der Waals surface area (Å²) in [6.07, 6.45) is 7.96. The first kappa shape index (κ1) is 17.1. The van der Waals surface area contributed by atoms with E-state index in [0.717, 1.165) is 36.5 Å².